The first-order valence-electron chi connectivity index (χ1n) is 14.3. The molecule has 0 unspecified atom stereocenters. The van der Waals surface area contributed by atoms with Crippen LogP contribution < -0.4 is 10.1 Å². The number of hydrogen-bond acceptors (Lipinski definition) is 7. The summed E-state index contributed by atoms with van der Waals surface area (Å²) in [6.45, 7) is 1.14. The van der Waals surface area contributed by atoms with Crippen molar-refractivity contribution in [1.29, 1.82) is 0 Å². The molecule has 7 atom stereocenters. The first kappa shape index (κ1) is 28.1. The third-order valence-electron chi connectivity index (χ3n) is 9.34. The SMILES string of the molecule is COc1cc(CCC(=O)[C@H]2CC[C@@H](C[C@H](CCCO)[C@H]3CN[C@@H]4CC(=O)CC[C@H]4C3)C[C@H]2O)ccc1O. The third kappa shape index (κ3) is 7.33. The average Bonchev–Trinajstić information content (AvgIpc) is 2.90. The topological polar surface area (TPSA) is 116 Å². The predicted molar refractivity (Wildman–Crippen MR) is 141 cm³/mol. The number of carbonyl (C=O) groups is 2. The van der Waals surface area contributed by atoms with Gasteiger partial charge in [0.1, 0.15) is 11.6 Å². The molecule has 0 radical (unpaired) electrons. The van der Waals surface area contributed by atoms with Crippen molar-refractivity contribution >= 4 is 11.6 Å². The second-order valence-electron chi connectivity index (χ2n) is 11.7. The van der Waals surface area contributed by atoms with E-state index in [0.717, 1.165) is 57.1 Å². The van der Waals surface area contributed by atoms with E-state index in [1.165, 1.54) is 7.11 Å². The summed E-state index contributed by atoms with van der Waals surface area (Å²) in [6.07, 6.45) is 9.03. The zero-order valence-electron chi connectivity index (χ0n) is 22.2. The molecule has 4 rings (SSSR count). The molecule has 37 heavy (non-hydrogen) atoms. The molecule has 0 aromatic heterocycles. The Kier molecular flexibility index (Phi) is 10.0. The number of rotatable bonds is 11. The summed E-state index contributed by atoms with van der Waals surface area (Å²) < 4.78 is 5.16. The van der Waals surface area contributed by atoms with Gasteiger partial charge in [-0.2, -0.15) is 0 Å². The molecule has 1 aromatic carbocycles. The van der Waals surface area contributed by atoms with Gasteiger partial charge in [0.25, 0.3) is 0 Å². The number of aliphatic hydroxyl groups is 2. The normalized spacial score (nSPS) is 30.9. The number of phenols is 1. The van der Waals surface area contributed by atoms with Crippen molar-refractivity contribution in [2.75, 3.05) is 20.3 Å². The number of piperidine rings is 1. The standard InChI is InChI=1S/C30H45NO6/c1-37-30-15-19(6-11-28(30)35)5-10-27(34)25-9-4-20(14-29(25)36)13-21(3-2-12-32)23-16-22-7-8-24(33)17-26(22)31-18-23/h6,11,15,20-23,25-26,29,31-32,35-36H,2-5,7-10,12-14,16-18H2,1H3/t20-,21-,22-,23+,25+,26+,29+/m0/s1. The molecule has 0 amide bonds. The van der Waals surface area contributed by atoms with E-state index in [-0.39, 0.29) is 24.1 Å². The van der Waals surface area contributed by atoms with Gasteiger partial charge in [-0.05, 0) is 106 Å². The Morgan fingerprint density at radius 1 is 1.22 bits per heavy atom. The van der Waals surface area contributed by atoms with Gasteiger partial charge in [-0.3, -0.25) is 9.59 Å². The number of hydrogen-bond donors (Lipinski definition) is 4. The monoisotopic (exact) mass is 515 g/mol. The lowest BCUT2D eigenvalue weighted by Gasteiger charge is -2.43. The number of aryl methyl sites for hydroxylation is 1. The minimum Gasteiger partial charge on any atom is -0.504 e. The number of carbonyl (C=O) groups excluding carboxylic acids is 2. The number of fused-ring (bicyclic) bond motifs is 1. The van der Waals surface area contributed by atoms with Crippen molar-refractivity contribution in [1.82, 2.24) is 5.32 Å². The lowest BCUT2D eigenvalue weighted by Crippen LogP contribution is -2.50. The first-order valence-corrected chi connectivity index (χ1v) is 14.3. The van der Waals surface area contributed by atoms with Crippen LogP contribution in [0.25, 0.3) is 0 Å². The number of benzene rings is 1. The fourth-order valence-electron chi connectivity index (χ4n) is 7.20. The Morgan fingerprint density at radius 2 is 2.05 bits per heavy atom. The maximum absolute atomic E-state index is 13.0. The average molecular weight is 516 g/mol. The molecule has 7 nitrogen and oxygen atoms in total. The minimum atomic E-state index is -0.600. The number of aromatic hydroxyl groups is 1. The molecule has 2 saturated carbocycles. The predicted octanol–water partition coefficient (Wildman–Crippen LogP) is 3.81. The number of Topliss-reactive ketones (excluding diaryl/α,β-unsaturated/α-hetero) is 2. The van der Waals surface area contributed by atoms with Gasteiger partial charge in [-0.15, -0.1) is 0 Å². The molecule has 1 heterocycles. The highest BCUT2D eigenvalue weighted by atomic mass is 16.5. The molecule has 1 saturated heterocycles. The first-order chi connectivity index (χ1) is 17.9. The van der Waals surface area contributed by atoms with E-state index in [1.807, 2.05) is 0 Å². The van der Waals surface area contributed by atoms with Crippen molar-refractivity contribution < 1.29 is 29.6 Å². The number of nitrogens with one attached hydrogen (secondary N) is 1. The molecule has 0 spiro atoms. The van der Waals surface area contributed by atoms with Crippen LogP contribution in [-0.4, -0.2) is 59.3 Å². The Balaban J connectivity index is 1.28. The molecule has 4 N–H and O–H groups in total. The summed E-state index contributed by atoms with van der Waals surface area (Å²) in [5, 5.41) is 33.9. The second-order valence-corrected chi connectivity index (χ2v) is 11.7. The number of methoxy groups -OCH3 is 1. The molecule has 3 aliphatic rings. The van der Waals surface area contributed by atoms with Gasteiger partial charge in [0.2, 0.25) is 0 Å². The van der Waals surface area contributed by atoms with Gasteiger partial charge in [-0.1, -0.05) is 6.07 Å². The molecule has 1 aromatic rings. The number of ketones is 2. The van der Waals surface area contributed by atoms with Crippen molar-refractivity contribution in [2.45, 2.75) is 89.2 Å². The van der Waals surface area contributed by atoms with Crippen molar-refractivity contribution in [3.63, 3.8) is 0 Å². The summed E-state index contributed by atoms with van der Waals surface area (Å²) in [7, 11) is 1.51. The Bertz CT molecular complexity index is 919. The Morgan fingerprint density at radius 3 is 2.81 bits per heavy atom. The highest BCUT2D eigenvalue weighted by Crippen LogP contribution is 2.41. The maximum atomic E-state index is 13.0. The van der Waals surface area contributed by atoms with E-state index in [4.69, 9.17) is 4.74 Å². The fourth-order valence-corrected chi connectivity index (χ4v) is 7.20. The second kappa shape index (κ2) is 13.2. The zero-order chi connectivity index (χ0) is 26.4. The van der Waals surface area contributed by atoms with Crippen molar-refractivity contribution in [3.8, 4) is 11.5 Å². The summed E-state index contributed by atoms with van der Waals surface area (Å²) in [4.78, 5) is 24.8. The zero-order valence-corrected chi connectivity index (χ0v) is 22.2. The maximum Gasteiger partial charge on any atom is 0.160 e. The van der Waals surface area contributed by atoms with Crippen LogP contribution in [0.5, 0.6) is 11.5 Å². The Hall–Kier alpha value is -1.96. The molecule has 3 fully saturated rings. The summed E-state index contributed by atoms with van der Waals surface area (Å²) >= 11 is 0. The highest BCUT2D eigenvalue weighted by molar-refractivity contribution is 5.82. The molecule has 2 aliphatic carbocycles. The van der Waals surface area contributed by atoms with E-state index >= 15 is 0 Å². The van der Waals surface area contributed by atoms with Crippen LogP contribution in [0.2, 0.25) is 0 Å². The molecule has 206 valence electrons. The van der Waals surface area contributed by atoms with Crippen LogP contribution in [0, 0.1) is 29.6 Å². The van der Waals surface area contributed by atoms with Crippen LogP contribution in [-0.2, 0) is 16.0 Å². The van der Waals surface area contributed by atoms with Gasteiger partial charge in [0.15, 0.2) is 11.5 Å². The summed E-state index contributed by atoms with van der Waals surface area (Å²) in [6, 6.07) is 5.48. The van der Waals surface area contributed by atoms with Gasteiger partial charge in [0.05, 0.1) is 13.2 Å². The molecule has 0 bridgehead atoms. The van der Waals surface area contributed by atoms with Crippen LogP contribution in [0.1, 0.15) is 76.2 Å². The minimum absolute atomic E-state index is 0.0845. The van der Waals surface area contributed by atoms with E-state index in [2.05, 4.69) is 5.32 Å². The van der Waals surface area contributed by atoms with Gasteiger partial charge in [-0.25, -0.2) is 0 Å². The van der Waals surface area contributed by atoms with Crippen LogP contribution >= 0.6 is 0 Å². The lowest BCUT2D eigenvalue weighted by molar-refractivity contribution is -0.128. The number of aliphatic hydroxyl groups excluding tert-OH is 2. The summed E-state index contributed by atoms with van der Waals surface area (Å²) in [5.74, 6) is 2.69. The number of phenolic OH excluding ortho intramolecular Hbond substituents is 1. The summed E-state index contributed by atoms with van der Waals surface area (Å²) in [5.41, 5.74) is 0.934. The largest absolute Gasteiger partial charge is 0.504 e. The molecular formula is C30H45NO6. The lowest BCUT2D eigenvalue weighted by atomic mass is 9.67. The highest BCUT2D eigenvalue weighted by Gasteiger charge is 2.39. The Labute approximate surface area is 221 Å². The molecule has 7 heteroatoms. The molecule has 1 aliphatic heterocycles. The van der Waals surface area contributed by atoms with Crippen LogP contribution in [0.4, 0.5) is 0 Å². The van der Waals surface area contributed by atoms with Crippen LogP contribution in [0.3, 0.4) is 0 Å². The van der Waals surface area contributed by atoms with E-state index in [9.17, 15) is 24.9 Å². The fraction of sp³-hybridized carbons (Fsp3) is 0.733. The van der Waals surface area contributed by atoms with E-state index in [1.54, 1.807) is 18.2 Å². The van der Waals surface area contributed by atoms with Gasteiger partial charge >= 0.3 is 0 Å². The van der Waals surface area contributed by atoms with E-state index in [0.29, 0.717) is 73.4 Å². The third-order valence-corrected chi connectivity index (χ3v) is 9.34. The van der Waals surface area contributed by atoms with E-state index < -0.39 is 6.10 Å². The number of ether oxygens (including phenoxy) is 1. The molecular weight excluding hydrogens is 470 g/mol. The van der Waals surface area contributed by atoms with Gasteiger partial charge < -0.3 is 25.4 Å². The quantitative estimate of drug-likeness (QED) is 0.354. The van der Waals surface area contributed by atoms with Gasteiger partial charge in [0, 0.05) is 37.8 Å². The van der Waals surface area contributed by atoms with Crippen molar-refractivity contribution in [2.24, 2.45) is 29.6 Å². The van der Waals surface area contributed by atoms with Crippen LogP contribution in [0.15, 0.2) is 18.2 Å². The van der Waals surface area contributed by atoms with Crippen molar-refractivity contribution in [3.05, 3.63) is 23.8 Å². The smallest absolute Gasteiger partial charge is 0.160 e.